The van der Waals surface area contributed by atoms with Gasteiger partial charge in [0.25, 0.3) is 9.26 Å². The molecule has 5 heteroatoms. The Morgan fingerprint density at radius 1 is 1.56 bits per heavy atom. The van der Waals surface area contributed by atoms with Gasteiger partial charge in [-0.25, -0.2) is 0 Å². The van der Waals surface area contributed by atoms with Crippen LogP contribution in [-0.2, 0) is 18.7 Å². The van der Waals surface area contributed by atoms with Crippen molar-refractivity contribution in [1.29, 1.82) is 0 Å². The zero-order valence-electron chi connectivity index (χ0n) is 4.44. The summed E-state index contributed by atoms with van der Waals surface area (Å²) >= 11 is 0. The van der Waals surface area contributed by atoms with Gasteiger partial charge in [0.1, 0.15) is 0 Å². The van der Waals surface area contributed by atoms with Crippen molar-refractivity contribution in [2.24, 2.45) is 5.73 Å². The summed E-state index contributed by atoms with van der Waals surface area (Å²) < 4.78 is 20.5. The Labute approximate surface area is 56.0 Å². The molecule has 0 amide bonds. The molecule has 0 saturated carbocycles. The minimum absolute atomic E-state index is 0.420. The minimum Gasteiger partial charge on any atom is -0.393 e. The molecule has 0 bridgehead atoms. The van der Waals surface area contributed by atoms with E-state index in [9.17, 15) is 8.42 Å². The molecule has 0 aromatic rings. The molecular weight excluding hydrogens is 158 g/mol. The first-order chi connectivity index (χ1) is 4.22. The molecule has 2 N–H and O–H groups in total. The monoisotopic (exact) mass is 163 g/mol. The van der Waals surface area contributed by atoms with Gasteiger partial charge >= 0.3 is 0 Å². The molecule has 1 atom stereocenters. The third kappa shape index (κ3) is 1.22. The predicted octanol–water partition coefficient (Wildman–Crippen LogP) is -0.274. The van der Waals surface area contributed by atoms with Crippen molar-refractivity contribution in [3.63, 3.8) is 0 Å². The molecule has 1 rings (SSSR count). The van der Waals surface area contributed by atoms with Crippen LogP contribution >= 0.6 is 0 Å². The van der Waals surface area contributed by atoms with E-state index in [1.54, 1.807) is 17.6 Å². The van der Waals surface area contributed by atoms with E-state index in [1.807, 2.05) is 0 Å². The highest BCUT2D eigenvalue weighted by atomic mass is 32.9. The Bertz CT molecular complexity index is 301. The van der Waals surface area contributed by atoms with E-state index in [4.69, 9.17) is 5.73 Å². The maximum atomic E-state index is 10.3. The third-order valence-electron chi connectivity index (χ3n) is 0.842. The quantitative estimate of drug-likeness (QED) is 0.534. The Hall–Kier alpha value is -0.550. The molecular formula is C4H5NO2S2. The van der Waals surface area contributed by atoms with Gasteiger partial charge in [-0.15, -0.1) is 0 Å². The Morgan fingerprint density at radius 2 is 2.22 bits per heavy atom. The number of rotatable bonds is 0. The first-order valence-corrected chi connectivity index (χ1v) is 5.06. The van der Waals surface area contributed by atoms with E-state index >= 15 is 0 Å². The van der Waals surface area contributed by atoms with Crippen LogP contribution in [-0.4, -0.2) is 8.42 Å². The van der Waals surface area contributed by atoms with Gasteiger partial charge in [-0.1, -0.05) is 6.08 Å². The van der Waals surface area contributed by atoms with Gasteiger partial charge in [-0.05, 0) is 11.5 Å². The Balaban J connectivity index is 3.32. The molecule has 0 aromatic heterocycles. The smallest absolute Gasteiger partial charge is 0.250 e. The highest BCUT2D eigenvalue weighted by Gasteiger charge is 2.01. The molecule has 0 saturated heterocycles. The zero-order chi connectivity index (χ0) is 6.85. The van der Waals surface area contributed by atoms with Crippen LogP contribution in [0.25, 0.3) is 0 Å². The van der Waals surface area contributed by atoms with Crippen LogP contribution < -0.4 is 5.73 Å². The first kappa shape index (κ1) is 6.57. The Morgan fingerprint density at radius 3 is 2.44 bits per heavy atom. The molecule has 0 aliphatic carbocycles. The SMILES string of the molecule is NC1=CC=CS1=S(=O)=O. The number of nitrogens with two attached hydrogens (primary N) is 1. The summed E-state index contributed by atoms with van der Waals surface area (Å²) in [6.07, 6.45) is 3.24. The minimum atomic E-state index is -2.07. The summed E-state index contributed by atoms with van der Waals surface area (Å²) in [4.78, 5) is 0. The number of allylic oxidation sites excluding steroid dienone is 2. The summed E-state index contributed by atoms with van der Waals surface area (Å²) in [6.45, 7) is 0. The Kier molecular flexibility index (Phi) is 1.73. The van der Waals surface area contributed by atoms with Crippen LogP contribution in [0.5, 0.6) is 0 Å². The fourth-order valence-corrected chi connectivity index (χ4v) is 2.42. The van der Waals surface area contributed by atoms with Crippen molar-refractivity contribution >= 4 is 18.7 Å². The van der Waals surface area contributed by atoms with Crippen molar-refractivity contribution in [3.05, 3.63) is 22.6 Å². The largest absolute Gasteiger partial charge is 0.393 e. The number of hydrogen-bond acceptors (Lipinski definition) is 3. The molecule has 0 radical (unpaired) electrons. The lowest BCUT2D eigenvalue weighted by Gasteiger charge is -1.87. The lowest BCUT2D eigenvalue weighted by Crippen LogP contribution is -1.98. The van der Waals surface area contributed by atoms with Crippen molar-refractivity contribution in [2.75, 3.05) is 0 Å². The number of hydrogen-bond donors (Lipinski definition) is 1. The van der Waals surface area contributed by atoms with Gasteiger partial charge in [0.05, 0.1) is 5.03 Å². The van der Waals surface area contributed by atoms with Gasteiger partial charge < -0.3 is 5.73 Å². The van der Waals surface area contributed by atoms with Crippen LogP contribution in [0.3, 0.4) is 0 Å². The van der Waals surface area contributed by atoms with Crippen molar-refractivity contribution in [3.8, 4) is 0 Å². The van der Waals surface area contributed by atoms with Crippen molar-refractivity contribution in [2.45, 2.75) is 0 Å². The molecule has 0 aromatic carbocycles. The highest BCUT2D eigenvalue weighted by molar-refractivity contribution is 8.37. The van der Waals surface area contributed by atoms with Crippen molar-refractivity contribution < 1.29 is 8.42 Å². The van der Waals surface area contributed by atoms with Gasteiger partial charge in [0, 0.05) is 9.45 Å². The predicted molar refractivity (Wildman–Crippen MR) is 37.7 cm³/mol. The summed E-state index contributed by atoms with van der Waals surface area (Å²) in [6, 6.07) is 0. The van der Waals surface area contributed by atoms with Gasteiger partial charge in [-0.3, -0.25) is 0 Å². The highest BCUT2D eigenvalue weighted by Crippen LogP contribution is 2.05. The fourth-order valence-electron chi connectivity index (χ4n) is 0.475. The van der Waals surface area contributed by atoms with E-state index in [1.165, 1.54) is 0 Å². The normalized spacial score (nSPS) is 24.0. The first-order valence-electron chi connectivity index (χ1n) is 2.18. The van der Waals surface area contributed by atoms with E-state index in [0.717, 1.165) is 0 Å². The molecule has 50 valence electrons. The zero-order valence-corrected chi connectivity index (χ0v) is 6.08. The molecule has 1 aliphatic rings. The van der Waals surface area contributed by atoms with Gasteiger partial charge in [-0.2, -0.15) is 8.42 Å². The molecule has 3 nitrogen and oxygen atoms in total. The van der Waals surface area contributed by atoms with E-state index in [-0.39, 0.29) is 0 Å². The topological polar surface area (TPSA) is 60.2 Å². The van der Waals surface area contributed by atoms with Crippen LogP contribution in [0.4, 0.5) is 0 Å². The van der Waals surface area contributed by atoms with Crippen LogP contribution in [0.15, 0.2) is 22.6 Å². The van der Waals surface area contributed by atoms with Gasteiger partial charge in [0.2, 0.25) is 0 Å². The van der Waals surface area contributed by atoms with Crippen LogP contribution in [0.1, 0.15) is 0 Å². The second kappa shape index (κ2) is 2.36. The van der Waals surface area contributed by atoms with Crippen molar-refractivity contribution in [1.82, 2.24) is 0 Å². The summed E-state index contributed by atoms with van der Waals surface area (Å²) in [5, 5.41) is 1.99. The third-order valence-corrected chi connectivity index (χ3v) is 3.93. The standard InChI is InChI=1S/C4H5NO2S2/c5-4-2-1-3-8(4)9(6)7/h1-3H,5H2. The fraction of sp³-hybridized carbons (Fsp3) is 0. The molecule has 0 fully saturated rings. The maximum absolute atomic E-state index is 10.3. The maximum Gasteiger partial charge on any atom is 0.250 e. The molecule has 1 aliphatic heterocycles. The average Bonchev–Trinajstić information content (AvgIpc) is 2.13. The summed E-state index contributed by atoms with van der Waals surface area (Å²) in [7, 11) is -2.92. The molecule has 9 heavy (non-hydrogen) atoms. The second-order valence-electron chi connectivity index (χ2n) is 1.40. The second-order valence-corrected chi connectivity index (χ2v) is 5.04. The average molecular weight is 163 g/mol. The lowest BCUT2D eigenvalue weighted by molar-refractivity contribution is 0.628. The molecule has 0 spiro atoms. The van der Waals surface area contributed by atoms with E-state index < -0.39 is 18.7 Å². The van der Waals surface area contributed by atoms with Crippen LogP contribution in [0, 0.1) is 0 Å². The molecule has 1 unspecified atom stereocenters. The van der Waals surface area contributed by atoms with E-state index in [2.05, 4.69) is 0 Å². The molecule has 1 heterocycles. The summed E-state index contributed by atoms with van der Waals surface area (Å²) in [5.74, 6) is 0. The summed E-state index contributed by atoms with van der Waals surface area (Å²) in [5.41, 5.74) is 5.30. The van der Waals surface area contributed by atoms with Crippen LogP contribution in [0.2, 0.25) is 0 Å². The lowest BCUT2D eigenvalue weighted by atomic mass is 10.6. The van der Waals surface area contributed by atoms with E-state index in [0.29, 0.717) is 5.03 Å². The van der Waals surface area contributed by atoms with Gasteiger partial charge in [0.15, 0.2) is 0 Å².